The SMILES string of the molecule is CCOC(=O)CC1=CCCN(NC(=O)c2ccc(OC)cc2)C1. The molecule has 0 saturated heterocycles. The summed E-state index contributed by atoms with van der Waals surface area (Å²) in [4.78, 5) is 23.8. The van der Waals surface area contributed by atoms with Gasteiger partial charge in [-0.25, -0.2) is 5.01 Å². The molecule has 0 aromatic heterocycles. The number of rotatable bonds is 6. The van der Waals surface area contributed by atoms with E-state index in [2.05, 4.69) is 5.43 Å². The molecule has 124 valence electrons. The van der Waals surface area contributed by atoms with Gasteiger partial charge < -0.3 is 9.47 Å². The van der Waals surface area contributed by atoms with Gasteiger partial charge in [0.25, 0.3) is 5.91 Å². The number of hydrogen-bond acceptors (Lipinski definition) is 5. The summed E-state index contributed by atoms with van der Waals surface area (Å²) in [6, 6.07) is 6.93. The Morgan fingerprint density at radius 2 is 2.00 bits per heavy atom. The molecule has 1 heterocycles. The first-order chi connectivity index (χ1) is 11.1. The highest BCUT2D eigenvalue weighted by Gasteiger charge is 2.18. The van der Waals surface area contributed by atoms with E-state index in [1.807, 2.05) is 11.1 Å². The van der Waals surface area contributed by atoms with Crippen molar-refractivity contribution in [1.29, 1.82) is 0 Å². The maximum atomic E-state index is 12.2. The maximum absolute atomic E-state index is 12.2. The van der Waals surface area contributed by atoms with E-state index in [0.717, 1.165) is 12.0 Å². The molecule has 2 rings (SSSR count). The number of hydrogen-bond donors (Lipinski definition) is 1. The van der Waals surface area contributed by atoms with Gasteiger partial charge in [-0.1, -0.05) is 6.08 Å². The highest BCUT2D eigenvalue weighted by molar-refractivity contribution is 5.94. The Bertz CT molecular complexity index is 581. The Morgan fingerprint density at radius 3 is 2.65 bits per heavy atom. The number of methoxy groups -OCH3 is 1. The van der Waals surface area contributed by atoms with Crippen molar-refractivity contribution >= 4 is 11.9 Å². The Morgan fingerprint density at radius 1 is 1.26 bits per heavy atom. The predicted octanol–water partition coefficient (Wildman–Crippen LogP) is 1.93. The molecule has 0 spiro atoms. The number of carbonyl (C=O) groups excluding carboxylic acids is 2. The zero-order valence-electron chi connectivity index (χ0n) is 13.5. The molecule has 6 nitrogen and oxygen atoms in total. The van der Waals surface area contributed by atoms with Crippen molar-refractivity contribution in [3.63, 3.8) is 0 Å². The van der Waals surface area contributed by atoms with Crippen molar-refractivity contribution in [2.75, 3.05) is 26.8 Å². The van der Waals surface area contributed by atoms with Crippen molar-refractivity contribution in [1.82, 2.24) is 10.4 Å². The van der Waals surface area contributed by atoms with Crippen molar-refractivity contribution < 1.29 is 19.1 Å². The number of amides is 1. The lowest BCUT2D eigenvalue weighted by atomic mass is 10.1. The largest absolute Gasteiger partial charge is 0.497 e. The van der Waals surface area contributed by atoms with Gasteiger partial charge in [0.1, 0.15) is 5.75 Å². The van der Waals surface area contributed by atoms with E-state index in [-0.39, 0.29) is 18.3 Å². The second-order valence-electron chi connectivity index (χ2n) is 5.22. The lowest BCUT2D eigenvalue weighted by molar-refractivity contribution is -0.142. The Kier molecular flexibility index (Phi) is 6.17. The van der Waals surface area contributed by atoms with Gasteiger partial charge in [-0.3, -0.25) is 15.0 Å². The van der Waals surface area contributed by atoms with E-state index >= 15 is 0 Å². The molecule has 23 heavy (non-hydrogen) atoms. The molecule has 6 heteroatoms. The van der Waals surface area contributed by atoms with Gasteiger partial charge in [0.2, 0.25) is 0 Å². The second kappa shape index (κ2) is 8.33. The molecular weight excluding hydrogens is 296 g/mol. The van der Waals surface area contributed by atoms with Crippen LogP contribution in [0.3, 0.4) is 0 Å². The minimum Gasteiger partial charge on any atom is -0.497 e. The van der Waals surface area contributed by atoms with Gasteiger partial charge in [-0.2, -0.15) is 0 Å². The third-order valence-electron chi connectivity index (χ3n) is 3.51. The number of benzene rings is 1. The first-order valence-corrected chi connectivity index (χ1v) is 7.66. The van der Waals surface area contributed by atoms with Gasteiger partial charge in [-0.15, -0.1) is 0 Å². The van der Waals surface area contributed by atoms with E-state index in [0.29, 0.717) is 31.0 Å². The first kappa shape index (κ1) is 17.0. The maximum Gasteiger partial charge on any atom is 0.309 e. The van der Waals surface area contributed by atoms with E-state index in [9.17, 15) is 9.59 Å². The third-order valence-corrected chi connectivity index (χ3v) is 3.51. The minimum absolute atomic E-state index is 0.176. The fraction of sp³-hybridized carbons (Fsp3) is 0.412. The van der Waals surface area contributed by atoms with Crippen LogP contribution in [0.1, 0.15) is 30.1 Å². The standard InChI is InChI=1S/C17H22N2O4/c1-3-23-16(20)11-13-5-4-10-19(12-13)18-17(21)14-6-8-15(22-2)9-7-14/h5-9H,3-4,10-12H2,1-2H3,(H,18,21). The van der Waals surface area contributed by atoms with E-state index < -0.39 is 0 Å². The van der Waals surface area contributed by atoms with E-state index in [4.69, 9.17) is 9.47 Å². The van der Waals surface area contributed by atoms with Crippen LogP contribution in [0.4, 0.5) is 0 Å². The van der Waals surface area contributed by atoms with Gasteiger partial charge in [-0.05, 0) is 43.2 Å². The molecule has 1 aliphatic heterocycles. The molecule has 1 amide bonds. The molecule has 0 aliphatic carbocycles. The summed E-state index contributed by atoms with van der Waals surface area (Å²) in [6.07, 6.45) is 3.09. The molecule has 0 radical (unpaired) electrons. The van der Waals surface area contributed by atoms with Crippen LogP contribution >= 0.6 is 0 Å². The average Bonchev–Trinajstić information content (AvgIpc) is 2.55. The number of nitrogens with zero attached hydrogens (tertiary/aromatic N) is 1. The molecule has 1 aromatic rings. The highest BCUT2D eigenvalue weighted by atomic mass is 16.5. The monoisotopic (exact) mass is 318 g/mol. The zero-order chi connectivity index (χ0) is 16.7. The molecular formula is C17H22N2O4. The molecule has 0 bridgehead atoms. The summed E-state index contributed by atoms with van der Waals surface area (Å²) >= 11 is 0. The van der Waals surface area contributed by atoms with Crippen LogP contribution in [-0.2, 0) is 9.53 Å². The second-order valence-corrected chi connectivity index (χ2v) is 5.22. The molecule has 1 aromatic carbocycles. The fourth-order valence-corrected chi connectivity index (χ4v) is 2.38. The van der Waals surface area contributed by atoms with Crippen LogP contribution in [0.2, 0.25) is 0 Å². The van der Waals surface area contributed by atoms with Crippen LogP contribution in [0, 0.1) is 0 Å². The third kappa shape index (κ3) is 5.10. The molecule has 0 saturated carbocycles. The summed E-state index contributed by atoms with van der Waals surface area (Å²) in [6.45, 7) is 3.41. The van der Waals surface area contributed by atoms with Crippen molar-refractivity contribution in [3.05, 3.63) is 41.5 Å². The summed E-state index contributed by atoms with van der Waals surface area (Å²) in [7, 11) is 1.58. The number of hydrazine groups is 1. The summed E-state index contributed by atoms with van der Waals surface area (Å²) in [5.74, 6) is 0.297. The first-order valence-electron chi connectivity index (χ1n) is 7.66. The van der Waals surface area contributed by atoms with Gasteiger partial charge in [0.05, 0.1) is 20.1 Å². The van der Waals surface area contributed by atoms with Crippen LogP contribution in [0.15, 0.2) is 35.9 Å². The van der Waals surface area contributed by atoms with Crippen molar-refractivity contribution in [3.8, 4) is 5.75 Å². The number of carbonyl (C=O) groups is 2. The summed E-state index contributed by atoms with van der Waals surface area (Å²) < 4.78 is 10.0. The quantitative estimate of drug-likeness (QED) is 0.641. The van der Waals surface area contributed by atoms with E-state index in [1.54, 1.807) is 38.3 Å². The normalized spacial score (nSPS) is 14.8. The average molecular weight is 318 g/mol. The van der Waals surface area contributed by atoms with Crippen LogP contribution < -0.4 is 10.2 Å². The topological polar surface area (TPSA) is 67.9 Å². The molecule has 1 N–H and O–H groups in total. The number of esters is 1. The minimum atomic E-state index is -0.234. The molecule has 0 fully saturated rings. The fourth-order valence-electron chi connectivity index (χ4n) is 2.38. The van der Waals surface area contributed by atoms with Crippen molar-refractivity contribution in [2.24, 2.45) is 0 Å². The van der Waals surface area contributed by atoms with Gasteiger partial charge in [0, 0.05) is 18.7 Å². The zero-order valence-corrected chi connectivity index (χ0v) is 13.5. The Balaban J connectivity index is 1.88. The molecule has 0 atom stereocenters. The Hall–Kier alpha value is -2.34. The number of nitrogens with one attached hydrogen (secondary N) is 1. The van der Waals surface area contributed by atoms with Crippen LogP contribution in [0.25, 0.3) is 0 Å². The Labute approximate surface area is 136 Å². The molecule has 1 aliphatic rings. The predicted molar refractivity (Wildman–Crippen MR) is 86.0 cm³/mol. The highest BCUT2D eigenvalue weighted by Crippen LogP contribution is 2.14. The van der Waals surface area contributed by atoms with Gasteiger partial charge >= 0.3 is 5.97 Å². The van der Waals surface area contributed by atoms with Crippen LogP contribution in [0.5, 0.6) is 5.75 Å². The van der Waals surface area contributed by atoms with Gasteiger partial charge in [0.15, 0.2) is 0 Å². The summed E-state index contributed by atoms with van der Waals surface area (Å²) in [5.41, 5.74) is 4.39. The van der Waals surface area contributed by atoms with Crippen LogP contribution in [-0.4, -0.2) is 43.7 Å². The number of ether oxygens (including phenoxy) is 2. The summed E-state index contributed by atoms with van der Waals surface area (Å²) in [5, 5.41) is 1.82. The molecule has 0 unspecified atom stereocenters. The lowest BCUT2D eigenvalue weighted by Gasteiger charge is -2.27. The lowest BCUT2D eigenvalue weighted by Crippen LogP contribution is -2.45. The van der Waals surface area contributed by atoms with E-state index in [1.165, 1.54) is 0 Å². The van der Waals surface area contributed by atoms with Crippen molar-refractivity contribution in [2.45, 2.75) is 19.8 Å². The smallest absolute Gasteiger partial charge is 0.309 e.